The highest BCUT2D eigenvalue weighted by molar-refractivity contribution is 7.90. The molecule has 44 heavy (non-hydrogen) atoms. The van der Waals surface area contributed by atoms with Crippen molar-refractivity contribution >= 4 is 68.6 Å². The van der Waals surface area contributed by atoms with Gasteiger partial charge in [-0.05, 0) is 71.4 Å². The van der Waals surface area contributed by atoms with E-state index in [1.165, 1.54) is 17.0 Å². The average Bonchev–Trinajstić information content (AvgIpc) is 3.34. The van der Waals surface area contributed by atoms with E-state index < -0.39 is 67.9 Å². The van der Waals surface area contributed by atoms with Crippen LogP contribution < -0.4 is 15.4 Å². The number of fused-ring (bicyclic) bond motifs is 2. The van der Waals surface area contributed by atoms with Crippen molar-refractivity contribution in [3.05, 3.63) is 39.4 Å². The maximum absolute atomic E-state index is 13.7. The molecule has 1 aromatic carbocycles. The molecule has 1 aromatic rings. The number of sulfonamides is 1. The van der Waals surface area contributed by atoms with E-state index in [2.05, 4.69) is 10.6 Å². The second kappa shape index (κ2) is 13.4. The van der Waals surface area contributed by atoms with E-state index in [0.29, 0.717) is 32.1 Å². The maximum atomic E-state index is 13.7. The standard InChI is InChI=1S/C29H37Cl3N4O7S/c1-28(2,3)43-27(40)33-21-11-8-6-4-5-7-10-17-16-29(17,34-24(37)22-12-9-13-36(22)25(21)38)26(39)35-44(41,42)23-19(31)14-18(30)15-20(23)32/h7,10,14-15,17,21-22H,4-6,8-9,11-13,16H2,1-3H3,(H,33,40)(H,34,37)(H,35,39)/b10-7-/t17-,21+,22+,29-/m1/s1. The first-order valence-electron chi connectivity index (χ1n) is 14.5. The van der Waals surface area contributed by atoms with Gasteiger partial charge in [0.25, 0.3) is 15.9 Å². The average molecular weight is 692 g/mol. The van der Waals surface area contributed by atoms with E-state index >= 15 is 0 Å². The van der Waals surface area contributed by atoms with Gasteiger partial charge in [0.05, 0.1) is 10.0 Å². The van der Waals surface area contributed by atoms with Crippen molar-refractivity contribution in [2.75, 3.05) is 6.54 Å². The lowest BCUT2D eigenvalue weighted by Crippen LogP contribution is -2.58. The second-order valence-electron chi connectivity index (χ2n) is 12.4. The molecule has 0 unspecified atom stereocenters. The first-order valence-corrected chi connectivity index (χ1v) is 17.2. The Bertz CT molecular complexity index is 1440. The number of allylic oxidation sites excluding steroid dienone is 1. The number of amides is 4. The molecule has 242 valence electrons. The molecule has 4 amide bonds. The molecule has 2 fully saturated rings. The summed E-state index contributed by atoms with van der Waals surface area (Å²) in [6, 6.07) is 0.570. The molecule has 0 bridgehead atoms. The third kappa shape index (κ3) is 7.99. The van der Waals surface area contributed by atoms with Crippen LogP contribution in [0.2, 0.25) is 15.1 Å². The fraction of sp³-hybridized carbons (Fsp3) is 0.586. The van der Waals surface area contributed by atoms with Gasteiger partial charge in [-0.1, -0.05) is 59.8 Å². The smallest absolute Gasteiger partial charge is 0.408 e. The van der Waals surface area contributed by atoms with Crippen molar-refractivity contribution < 1.29 is 32.3 Å². The van der Waals surface area contributed by atoms with Crippen LogP contribution in [-0.2, 0) is 29.1 Å². The van der Waals surface area contributed by atoms with E-state index in [0.717, 1.165) is 12.8 Å². The SMILES string of the molecule is CC(C)(C)OC(=O)N[C@H]1CCCCC/C=C\[C@@H]2C[C@@]2(C(=O)NS(=O)(=O)c2c(Cl)cc(Cl)cc2Cl)NC(=O)[C@@H]2CCCN2C1=O. The lowest BCUT2D eigenvalue weighted by atomic mass is 10.0. The summed E-state index contributed by atoms with van der Waals surface area (Å²) in [4.78, 5) is 54.5. The minimum atomic E-state index is -4.55. The third-order valence-corrected chi connectivity index (χ3v) is 10.3. The molecule has 4 rings (SSSR count). The van der Waals surface area contributed by atoms with Gasteiger partial charge >= 0.3 is 6.09 Å². The van der Waals surface area contributed by atoms with Gasteiger partial charge in [0.1, 0.15) is 28.1 Å². The molecule has 2 aliphatic heterocycles. The molecule has 0 spiro atoms. The Morgan fingerprint density at radius 2 is 1.73 bits per heavy atom. The molecule has 3 aliphatic rings. The largest absolute Gasteiger partial charge is 0.444 e. The van der Waals surface area contributed by atoms with E-state index in [1.54, 1.807) is 26.8 Å². The Morgan fingerprint density at radius 3 is 2.39 bits per heavy atom. The van der Waals surface area contributed by atoms with E-state index in [-0.39, 0.29) is 28.0 Å². The third-order valence-electron chi connectivity index (χ3n) is 7.78. The van der Waals surface area contributed by atoms with Crippen LogP contribution in [0.25, 0.3) is 0 Å². The predicted octanol–water partition coefficient (Wildman–Crippen LogP) is 4.73. The van der Waals surface area contributed by atoms with Gasteiger partial charge in [0, 0.05) is 17.5 Å². The number of carbonyl (C=O) groups excluding carboxylic acids is 4. The molecule has 0 aromatic heterocycles. The van der Waals surface area contributed by atoms with Crippen LogP contribution in [0.15, 0.2) is 29.2 Å². The van der Waals surface area contributed by atoms with E-state index in [1.807, 2.05) is 10.8 Å². The van der Waals surface area contributed by atoms with Crippen LogP contribution in [0.4, 0.5) is 4.79 Å². The number of carbonyl (C=O) groups is 4. The zero-order chi connectivity index (χ0) is 32.4. The van der Waals surface area contributed by atoms with Crippen molar-refractivity contribution in [3.8, 4) is 0 Å². The van der Waals surface area contributed by atoms with Gasteiger partial charge in [-0.25, -0.2) is 17.9 Å². The summed E-state index contributed by atoms with van der Waals surface area (Å²) < 4.78 is 33.9. The molecule has 4 atom stereocenters. The molecule has 1 saturated heterocycles. The molecule has 11 nitrogen and oxygen atoms in total. The van der Waals surface area contributed by atoms with Gasteiger partial charge in [0.2, 0.25) is 11.8 Å². The second-order valence-corrected chi connectivity index (χ2v) is 15.2. The molecule has 0 radical (unpaired) electrons. The van der Waals surface area contributed by atoms with Crippen molar-refractivity contribution in [2.24, 2.45) is 5.92 Å². The first-order chi connectivity index (χ1) is 20.5. The number of halogens is 3. The molecule has 15 heteroatoms. The quantitative estimate of drug-likeness (QED) is 0.386. The number of benzene rings is 1. The highest BCUT2D eigenvalue weighted by atomic mass is 35.5. The highest BCUT2D eigenvalue weighted by Gasteiger charge is 2.61. The number of nitrogens with zero attached hydrogens (tertiary/aromatic N) is 1. The Balaban J connectivity index is 1.59. The molecule has 1 saturated carbocycles. The summed E-state index contributed by atoms with van der Waals surface area (Å²) in [5.74, 6) is -2.43. The lowest BCUT2D eigenvalue weighted by Gasteiger charge is -2.30. The van der Waals surface area contributed by atoms with Gasteiger partial charge in [0.15, 0.2) is 0 Å². The number of hydrogen-bond donors (Lipinski definition) is 3. The molecule has 2 heterocycles. The Hall–Kier alpha value is -2.54. The van der Waals surface area contributed by atoms with E-state index in [4.69, 9.17) is 39.5 Å². The lowest BCUT2D eigenvalue weighted by molar-refractivity contribution is -0.141. The topological polar surface area (TPSA) is 151 Å². The van der Waals surface area contributed by atoms with Gasteiger partial charge in [-0.15, -0.1) is 0 Å². The van der Waals surface area contributed by atoms with Crippen LogP contribution in [0, 0.1) is 5.92 Å². The summed E-state index contributed by atoms with van der Waals surface area (Å²) in [5, 5.41) is 5.03. The number of rotatable bonds is 4. The predicted molar refractivity (Wildman–Crippen MR) is 166 cm³/mol. The molecular weight excluding hydrogens is 655 g/mol. The van der Waals surface area contributed by atoms with Crippen molar-refractivity contribution in [2.45, 2.75) is 100 Å². The zero-order valence-electron chi connectivity index (χ0n) is 24.8. The van der Waals surface area contributed by atoms with Crippen LogP contribution in [0.3, 0.4) is 0 Å². The van der Waals surface area contributed by atoms with Crippen LogP contribution >= 0.6 is 34.8 Å². The maximum Gasteiger partial charge on any atom is 0.408 e. The summed E-state index contributed by atoms with van der Waals surface area (Å²) >= 11 is 18.2. The Morgan fingerprint density at radius 1 is 1.05 bits per heavy atom. The minimum absolute atomic E-state index is 0.115. The highest BCUT2D eigenvalue weighted by Crippen LogP contribution is 2.46. The summed E-state index contributed by atoms with van der Waals surface area (Å²) in [6.45, 7) is 5.45. The number of nitrogens with one attached hydrogen (secondary N) is 3. The van der Waals surface area contributed by atoms with Crippen molar-refractivity contribution in [1.29, 1.82) is 0 Å². The Labute approximate surface area is 272 Å². The van der Waals surface area contributed by atoms with Gasteiger partial charge in [-0.2, -0.15) is 0 Å². The van der Waals surface area contributed by atoms with Crippen LogP contribution in [0.5, 0.6) is 0 Å². The van der Waals surface area contributed by atoms with Gasteiger partial charge < -0.3 is 20.3 Å². The summed E-state index contributed by atoms with van der Waals surface area (Å²) in [5.41, 5.74) is -2.33. The summed E-state index contributed by atoms with van der Waals surface area (Å²) in [6.07, 6.45) is 7.27. The van der Waals surface area contributed by atoms with Crippen LogP contribution in [0.1, 0.15) is 72.1 Å². The first kappa shape index (κ1) is 34.3. The number of hydrogen-bond acceptors (Lipinski definition) is 7. The minimum Gasteiger partial charge on any atom is -0.444 e. The monoisotopic (exact) mass is 690 g/mol. The zero-order valence-corrected chi connectivity index (χ0v) is 27.8. The van der Waals surface area contributed by atoms with Gasteiger partial charge in [-0.3, -0.25) is 14.4 Å². The number of alkyl carbamates (subject to hydrolysis) is 1. The summed E-state index contributed by atoms with van der Waals surface area (Å²) in [7, 11) is -4.55. The van der Waals surface area contributed by atoms with Crippen molar-refractivity contribution in [3.63, 3.8) is 0 Å². The van der Waals surface area contributed by atoms with Crippen molar-refractivity contribution in [1.82, 2.24) is 20.3 Å². The van der Waals surface area contributed by atoms with Crippen LogP contribution in [-0.4, -0.2) is 66.9 Å². The molecule has 1 aliphatic carbocycles. The molecule has 3 N–H and O–H groups in total. The normalized spacial score (nSPS) is 27.1. The Kier molecular flexibility index (Phi) is 10.5. The van der Waals surface area contributed by atoms with E-state index in [9.17, 15) is 27.6 Å². The fourth-order valence-electron chi connectivity index (χ4n) is 5.59. The molecular formula is C29H37Cl3N4O7S. The number of ether oxygens (including phenoxy) is 1. The fourth-order valence-corrected chi connectivity index (χ4v) is 8.18.